The van der Waals surface area contributed by atoms with Crippen LogP contribution in [0.3, 0.4) is 0 Å². The average molecular weight is 370 g/mol. The Labute approximate surface area is 143 Å². The molecule has 0 saturated carbocycles. The molecule has 1 saturated heterocycles. The Balaban J connectivity index is 1.56. The summed E-state index contributed by atoms with van der Waals surface area (Å²) in [5.74, 6) is 0.269. The molecule has 0 bridgehead atoms. The first-order valence-electron chi connectivity index (χ1n) is 7.53. The molecule has 0 aliphatic carbocycles. The fourth-order valence-corrected chi connectivity index (χ4v) is 4.16. The van der Waals surface area contributed by atoms with Gasteiger partial charge in [0.15, 0.2) is 0 Å². The van der Waals surface area contributed by atoms with Crippen LogP contribution in [0.25, 0.3) is 10.7 Å². The molecule has 2 aromatic heterocycles. The largest absolute Gasteiger partial charge is 0.347 e. The minimum absolute atomic E-state index is 0.132. The lowest BCUT2D eigenvalue weighted by Gasteiger charge is -2.29. The molecular formula is C14H18N4O4S2. The van der Waals surface area contributed by atoms with Gasteiger partial charge in [-0.15, -0.1) is 11.3 Å². The summed E-state index contributed by atoms with van der Waals surface area (Å²) in [5, 5.41) is 8.55. The topological polar surface area (TPSA) is 105 Å². The third-order valence-electron chi connectivity index (χ3n) is 3.85. The lowest BCUT2D eigenvalue weighted by Crippen LogP contribution is -2.44. The number of rotatable bonds is 5. The highest BCUT2D eigenvalue weighted by atomic mass is 32.2. The number of nitrogens with one attached hydrogen (secondary N) is 1. The summed E-state index contributed by atoms with van der Waals surface area (Å²) in [4.78, 5) is 17.4. The maximum Gasteiger partial charge on any atom is 0.246 e. The molecule has 1 atom stereocenters. The van der Waals surface area contributed by atoms with E-state index >= 15 is 0 Å². The minimum Gasteiger partial charge on any atom is -0.347 e. The van der Waals surface area contributed by atoms with Gasteiger partial charge in [-0.25, -0.2) is 12.7 Å². The van der Waals surface area contributed by atoms with Crippen LogP contribution in [-0.4, -0.2) is 48.1 Å². The van der Waals surface area contributed by atoms with Crippen molar-refractivity contribution in [3.8, 4) is 10.7 Å². The molecule has 2 aromatic rings. The van der Waals surface area contributed by atoms with Crippen LogP contribution in [0.5, 0.6) is 0 Å². The third-order valence-corrected chi connectivity index (χ3v) is 5.98. The number of piperidine rings is 1. The van der Waals surface area contributed by atoms with Gasteiger partial charge in [0.25, 0.3) is 0 Å². The predicted molar refractivity (Wildman–Crippen MR) is 88.6 cm³/mol. The van der Waals surface area contributed by atoms with Crippen molar-refractivity contribution in [2.75, 3.05) is 19.3 Å². The van der Waals surface area contributed by atoms with Crippen LogP contribution in [0.1, 0.15) is 18.7 Å². The van der Waals surface area contributed by atoms with Crippen LogP contribution < -0.4 is 5.32 Å². The number of hydrogen-bond donors (Lipinski definition) is 1. The molecule has 130 valence electrons. The minimum atomic E-state index is -3.27. The number of carbonyl (C=O) groups excluding carboxylic acids is 1. The molecule has 1 aliphatic heterocycles. The zero-order valence-electron chi connectivity index (χ0n) is 13.1. The van der Waals surface area contributed by atoms with Crippen LogP contribution in [0.15, 0.2) is 22.0 Å². The maximum atomic E-state index is 12.3. The van der Waals surface area contributed by atoms with Gasteiger partial charge in [0.05, 0.1) is 23.6 Å². The molecule has 8 nitrogen and oxygen atoms in total. The van der Waals surface area contributed by atoms with Crippen molar-refractivity contribution in [1.82, 2.24) is 19.8 Å². The Morgan fingerprint density at radius 3 is 3.08 bits per heavy atom. The molecular weight excluding hydrogens is 352 g/mol. The van der Waals surface area contributed by atoms with Gasteiger partial charge in [-0.3, -0.25) is 4.79 Å². The Morgan fingerprint density at radius 1 is 1.54 bits per heavy atom. The van der Waals surface area contributed by atoms with Crippen LogP contribution in [0, 0.1) is 5.92 Å². The van der Waals surface area contributed by atoms with Crippen molar-refractivity contribution in [2.24, 2.45) is 5.92 Å². The smallest absolute Gasteiger partial charge is 0.246 e. The molecule has 1 aliphatic rings. The van der Waals surface area contributed by atoms with Crippen LogP contribution >= 0.6 is 11.3 Å². The van der Waals surface area contributed by atoms with Crippen molar-refractivity contribution >= 4 is 27.3 Å². The summed E-state index contributed by atoms with van der Waals surface area (Å²) in [5.41, 5.74) is 0. The quantitative estimate of drug-likeness (QED) is 0.844. The highest BCUT2D eigenvalue weighted by molar-refractivity contribution is 7.88. The van der Waals surface area contributed by atoms with E-state index in [1.54, 1.807) is 0 Å². The van der Waals surface area contributed by atoms with E-state index in [9.17, 15) is 13.2 Å². The first-order valence-corrected chi connectivity index (χ1v) is 10.3. The highest BCUT2D eigenvalue weighted by Gasteiger charge is 2.30. The lowest BCUT2D eigenvalue weighted by atomic mass is 9.99. The summed E-state index contributed by atoms with van der Waals surface area (Å²) < 4.78 is 29.7. The fraction of sp³-hybridized carbons (Fsp3) is 0.500. The fourth-order valence-electron chi connectivity index (χ4n) is 2.60. The first-order chi connectivity index (χ1) is 11.4. The van der Waals surface area contributed by atoms with Crippen molar-refractivity contribution in [2.45, 2.75) is 19.4 Å². The number of aromatic nitrogens is 2. The molecule has 3 heterocycles. The second-order valence-corrected chi connectivity index (χ2v) is 8.60. The van der Waals surface area contributed by atoms with Crippen LogP contribution in [0.2, 0.25) is 0 Å². The van der Waals surface area contributed by atoms with Gasteiger partial charge in [0.1, 0.15) is 0 Å². The van der Waals surface area contributed by atoms with Crippen molar-refractivity contribution in [3.63, 3.8) is 0 Å². The zero-order valence-corrected chi connectivity index (χ0v) is 14.8. The molecule has 3 rings (SSSR count). The summed E-state index contributed by atoms with van der Waals surface area (Å²) in [6.45, 7) is 0.817. The lowest BCUT2D eigenvalue weighted by molar-refractivity contribution is -0.126. The zero-order chi connectivity index (χ0) is 17.2. The normalized spacial score (nSPS) is 19.3. The number of sulfonamides is 1. The van der Waals surface area contributed by atoms with E-state index in [-0.39, 0.29) is 24.9 Å². The summed E-state index contributed by atoms with van der Waals surface area (Å²) in [6.07, 6.45) is 2.51. The van der Waals surface area contributed by atoms with Gasteiger partial charge in [-0.1, -0.05) is 11.2 Å². The van der Waals surface area contributed by atoms with Gasteiger partial charge >= 0.3 is 0 Å². The van der Waals surface area contributed by atoms with Crippen molar-refractivity contribution in [1.29, 1.82) is 0 Å². The third kappa shape index (κ3) is 4.00. The van der Waals surface area contributed by atoms with Crippen LogP contribution in [0.4, 0.5) is 0 Å². The Bertz CT molecular complexity index is 801. The molecule has 1 N–H and O–H groups in total. The monoisotopic (exact) mass is 370 g/mol. The van der Waals surface area contributed by atoms with E-state index in [2.05, 4.69) is 15.5 Å². The highest BCUT2D eigenvalue weighted by Crippen LogP contribution is 2.21. The number of carbonyl (C=O) groups is 1. The molecule has 10 heteroatoms. The van der Waals surface area contributed by atoms with Gasteiger partial charge in [0.2, 0.25) is 27.6 Å². The van der Waals surface area contributed by atoms with E-state index in [1.807, 2.05) is 17.5 Å². The Hall–Kier alpha value is -1.78. The predicted octanol–water partition coefficient (Wildman–Crippen LogP) is 1.09. The van der Waals surface area contributed by atoms with E-state index in [1.165, 1.54) is 15.6 Å². The van der Waals surface area contributed by atoms with E-state index < -0.39 is 10.0 Å². The molecule has 1 amide bonds. The first kappa shape index (κ1) is 17.1. The Morgan fingerprint density at radius 2 is 2.38 bits per heavy atom. The van der Waals surface area contributed by atoms with Gasteiger partial charge in [-0.05, 0) is 24.3 Å². The Kier molecular flexibility index (Phi) is 4.97. The molecule has 24 heavy (non-hydrogen) atoms. The van der Waals surface area contributed by atoms with Crippen LogP contribution in [-0.2, 0) is 21.4 Å². The number of thiophene rings is 1. The van der Waals surface area contributed by atoms with Gasteiger partial charge in [-0.2, -0.15) is 4.98 Å². The van der Waals surface area contributed by atoms with E-state index in [4.69, 9.17) is 4.52 Å². The molecule has 1 fully saturated rings. The number of hydrogen-bond acceptors (Lipinski definition) is 7. The number of amides is 1. The second-order valence-electron chi connectivity index (χ2n) is 5.67. The van der Waals surface area contributed by atoms with E-state index in [0.29, 0.717) is 31.1 Å². The second kappa shape index (κ2) is 6.99. The molecule has 0 unspecified atom stereocenters. The van der Waals surface area contributed by atoms with Crippen molar-refractivity contribution in [3.05, 3.63) is 23.4 Å². The summed E-state index contributed by atoms with van der Waals surface area (Å²) in [6, 6.07) is 3.79. The standard InChI is InChI=1S/C14H18N4O4S2/c1-24(20,21)18-6-2-4-10(9-18)14(19)15-8-12-16-13(17-22-12)11-5-3-7-23-11/h3,5,7,10H,2,4,6,8-9H2,1H3,(H,15,19)/t10-/m1/s1. The van der Waals surface area contributed by atoms with Crippen molar-refractivity contribution < 1.29 is 17.7 Å². The van der Waals surface area contributed by atoms with Gasteiger partial charge < -0.3 is 9.84 Å². The maximum absolute atomic E-state index is 12.3. The molecule has 0 radical (unpaired) electrons. The van der Waals surface area contributed by atoms with E-state index in [0.717, 1.165) is 11.1 Å². The summed E-state index contributed by atoms with van der Waals surface area (Å²) >= 11 is 1.50. The number of nitrogens with zero attached hydrogens (tertiary/aromatic N) is 3. The summed E-state index contributed by atoms with van der Waals surface area (Å²) in [7, 11) is -3.27. The van der Waals surface area contributed by atoms with Gasteiger partial charge in [0, 0.05) is 13.1 Å². The SMILES string of the molecule is CS(=O)(=O)N1CCC[C@@H](C(=O)NCc2nc(-c3cccs3)no2)C1. The average Bonchev–Trinajstić information content (AvgIpc) is 3.23. The molecule has 0 aromatic carbocycles. The molecule has 0 spiro atoms.